The van der Waals surface area contributed by atoms with Gasteiger partial charge in [0.05, 0.1) is 13.6 Å². The third-order valence-electron chi connectivity index (χ3n) is 2.26. The zero-order valence-corrected chi connectivity index (χ0v) is 6.38. The minimum Gasteiger partial charge on any atom is -0.237 e. The number of fused-ring (bicyclic) bond motifs is 1. The Labute approximate surface area is 68.5 Å². The molecule has 2 heteroatoms. The summed E-state index contributed by atoms with van der Waals surface area (Å²) in [6.07, 6.45) is 8.28. The van der Waals surface area contributed by atoms with Gasteiger partial charge in [0, 0.05) is 6.42 Å². The third kappa shape index (κ3) is 1.30. The fourth-order valence-electron chi connectivity index (χ4n) is 1.64. The van der Waals surface area contributed by atoms with Crippen molar-refractivity contribution in [1.29, 1.82) is 0 Å². The van der Waals surface area contributed by atoms with Crippen LogP contribution in [0.1, 0.15) is 26.1 Å². The summed E-state index contributed by atoms with van der Waals surface area (Å²) in [4.78, 5) is 0. The summed E-state index contributed by atoms with van der Waals surface area (Å²) in [5.41, 5.74) is 0. The molecule has 1 aromatic rings. The highest BCUT2D eigenvalue weighted by atomic mass is 15.1. The first-order valence-corrected chi connectivity index (χ1v) is 3.91. The van der Waals surface area contributed by atoms with Gasteiger partial charge in [-0.3, -0.25) is 0 Å². The molecular formula is C9H17N2+. The quantitative estimate of drug-likeness (QED) is 0.497. The Hall–Kier alpha value is -0.790. The molecule has 2 heterocycles. The van der Waals surface area contributed by atoms with Crippen LogP contribution in [0, 0.1) is 0 Å². The van der Waals surface area contributed by atoms with Gasteiger partial charge in [0.25, 0.3) is 5.82 Å². The van der Waals surface area contributed by atoms with Crippen LogP contribution in [0.15, 0.2) is 12.4 Å². The maximum atomic E-state index is 2.35. The Balaban J connectivity index is 0.000000605. The van der Waals surface area contributed by atoms with E-state index >= 15 is 0 Å². The Morgan fingerprint density at radius 2 is 2.27 bits per heavy atom. The van der Waals surface area contributed by atoms with Crippen LogP contribution in [0.25, 0.3) is 0 Å². The van der Waals surface area contributed by atoms with Crippen LogP contribution in [0.5, 0.6) is 0 Å². The normalized spacial score (nSPS) is 15.4. The largest absolute Gasteiger partial charge is 0.256 e. The standard InChI is InChI=1S/C8H13N2.CH4/c1-9-6-7-10-5-3-2-4-8(9)10;/h6-7H,2-5H2,1H3;1H4/q+1;. The molecule has 11 heavy (non-hydrogen) atoms. The van der Waals surface area contributed by atoms with E-state index in [1.165, 1.54) is 31.6 Å². The van der Waals surface area contributed by atoms with E-state index in [0.717, 1.165) is 0 Å². The highest BCUT2D eigenvalue weighted by Crippen LogP contribution is 2.09. The first-order valence-electron chi connectivity index (χ1n) is 3.91. The summed E-state index contributed by atoms with van der Waals surface area (Å²) in [5.74, 6) is 1.48. The van der Waals surface area contributed by atoms with Gasteiger partial charge in [0.2, 0.25) is 0 Å². The van der Waals surface area contributed by atoms with Crippen LogP contribution in [-0.2, 0) is 20.0 Å². The van der Waals surface area contributed by atoms with Crippen molar-refractivity contribution in [3.05, 3.63) is 18.2 Å². The van der Waals surface area contributed by atoms with Crippen molar-refractivity contribution in [2.75, 3.05) is 0 Å². The molecule has 0 aromatic carbocycles. The molecular weight excluding hydrogens is 136 g/mol. The fourth-order valence-corrected chi connectivity index (χ4v) is 1.64. The number of aromatic nitrogens is 2. The maximum Gasteiger partial charge on any atom is 0.256 e. The third-order valence-corrected chi connectivity index (χ3v) is 2.26. The molecule has 0 saturated carbocycles. The number of aryl methyl sites for hydroxylation is 2. The second-order valence-electron chi connectivity index (χ2n) is 2.98. The van der Waals surface area contributed by atoms with Gasteiger partial charge in [-0.25, -0.2) is 9.13 Å². The summed E-state index contributed by atoms with van der Waals surface area (Å²) in [5, 5.41) is 0. The van der Waals surface area contributed by atoms with Crippen molar-refractivity contribution >= 4 is 0 Å². The van der Waals surface area contributed by atoms with E-state index in [2.05, 4.69) is 28.6 Å². The summed E-state index contributed by atoms with van der Waals surface area (Å²) >= 11 is 0. The van der Waals surface area contributed by atoms with Gasteiger partial charge in [-0.15, -0.1) is 0 Å². The summed E-state index contributed by atoms with van der Waals surface area (Å²) in [6.45, 7) is 1.22. The second-order valence-corrected chi connectivity index (χ2v) is 2.98. The van der Waals surface area contributed by atoms with E-state index < -0.39 is 0 Å². The molecule has 0 N–H and O–H groups in total. The van der Waals surface area contributed by atoms with E-state index in [0.29, 0.717) is 0 Å². The molecule has 2 nitrogen and oxygen atoms in total. The van der Waals surface area contributed by atoms with Gasteiger partial charge in [-0.2, -0.15) is 0 Å². The zero-order chi connectivity index (χ0) is 6.97. The fraction of sp³-hybridized carbons (Fsp3) is 0.667. The van der Waals surface area contributed by atoms with Crippen LogP contribution in [0.4, 0.5) is 0 Å². The minimum absolute atomic E-state index is 0. The monoisotopic (exact) mass is 153 g/mol. The molecule has 0 unspecified atom stereocenters. The number of imidazole rings is 1. The molecule has 0 spiro atoms. The number of hydrogen-bond donors (Lipinski definition) is 0. The number of nitrogens with zero attached hydrogens (tertiary/aromatic N) is 2. The van der Waals surface area contributed by atoms with Gasteiger partial charge >= 0.3 is 0 Å². The molecule has 0 bridgehead atoms. The lowest BCUT2D eigenvalue weighted by Crippen LogP contribution is -2.33. The molecule has 0 saturated heterocycles. The van der Waals surface area contributed by atoms with Crippen LogP contribution in [0.2, 0.25) is 0 Å². The van der Waals surface area contributed by atoms with E-state index in [9.17, 15) is 0 Å². The Kier molecular flexibility index (Phi) is 2.32. The van der Waals surface area contributed by atoms with Gasteiger partial charge in [-0.05, 0) is 12.8 Å². The van der Waals surface area contributed by atoms with Crippen LogP contribution in [-0.4, -0.2) is 4.57 Å². The van der Waals surface area contributed by atoms with E-state index in [4.69, 9.17) is 0 Å². The number of rotatable bonds is 0. The molecule has 62 valence electrons. The van der Waals surface area contributed by atoms with Crippen molar-refractivity contribution in [2.45, 2.75) is 33.2 Å². The molecule has 0 atom stereocenters. The second kappa shape index (κ2) is 3.07. The van der Waals surface area contributed by atoms with Gasteiger partial charge in [-0.1, -0.05) is 7.43 Å². The smallest absolute Gasteiger partial charge is 0.237 e. The van der Waals surface area contributed by atoms with Crippen molar-refractivity contribution in [3.63, 3.8) is 0 Å². The molecule has 0 radical (unpaired) electrons. The predicted molar refractivity (Wildman–Crippen MR) is 45.3 cm³/mol. The van der Waals surface area contributed by atoms with Crippen molar-refractivity contribution in [3.8, 4) is 0 Å². The SMILES string of the molecule is C.C[n+]1ccn2c1CCCC2. The molecule has 0 amide bonds. The topological polar surface area (TPSA) is 8.81 Å². The van der Waals surface area contributed by atoms with Gasteiger partial charge < -0.3 is 0 Å². The van der Waals surface area contributed by atoms with Crippen LogP contribution < -0.4 is 4.57 Å². The van der Waals surface area contributed by atoms with Crippen molar-refractivity contribution in [2.24, 2.45) is 7.05 Å². The average molecular weight is 153 g/mol. The van der Waals surface area contributed by atoms with E-state index in [1.807, 2.05) is 0 Å². The van der Waals surface area contributed by atoms with Crippen LogP contribution >= 0.6 is 0 Å². The summed E-state index contributed by atoms with van der Waals surface area (Å²) < 4.78 is 4.57. The van der Waals surface area contributed by atoms with E-state index in [1.54, 1.807) is 0 Å². The highest BCUT2D eigenvalue weighted by molar-refractivity contribution is 4.86. The maximum absolute atomic E-state index is 2.35. The number of hydrogen-bond acceptors (Lipinski definition) is 0. The summed E-state index contributed by atoms with van der Waals surface area (Å²) in [6, 6.07) is 0. The van der Waals surface area contributed by atoms with Crippen molar-refractivity contribution in [1.82, 2.24) is 4.57 Å². The molecule has 0 aliphatic carbocycles. The van der Waals surface area contributed by atoms with Crippen molar-refractivity contribution < 1.29 is 4.57 Å². The van der Waals surface area contributed by atoms with E-state index in [-0.39, 0.29) is 7.43 Å². The van der Waals surface area contributed by atoms with Crippen LogP contribution in [0.3, 0.4) is 0 Å². The summed E-state index contributed by atoms with van der Waals surface area (Å²) in [7, 11) is 2.12. The molecule has 0 fully saturated rings. The Morgan fingerprint density at radius 1 is 1.45 bits per heavy atom. The lowest BCUT2D eigenvalue weighted by atomic mass is 10.2. The molecule has 1 aliphatic heterocycles. The van der Waals surface area contributed by atoms with Gasteiger partial charge in [0.15, 0.2) is 0 Å². The minimum atomic E-state index is 0. The lowest BCUT2D eigenvalue weighted by Gasteiger charge is -2.07. The first-order chi connectivity index (χ1) is 4.88. The Bertz CT molecular complexity index is 238. The molecule has 2 rings (SSSR count). The molecule has 1 aliphatic rings. The lowest BCUT2D eigenvalue weighted by molar-refractivity contribution is -0.679. The highest BCUT2D eigenvalue weighted by Gasteiger charge is 2.17. The zero-order valence-electron chi connectivity index (χ0n) is 6.38. The average Bonchev–Trinajstić information content (AvgIpc) is 2.34. The first kappa shape index (κ1) is 8.31. The molecule has 1 aromatic heterocycles. The predicted octanol–water partition coefficient (Wildman–Crippen LogP) is 1.29. The Morgan fingerprint density at radius 3 is 3.00 bits per heavy atom. The van der Waals surface area contributed by atoms with Gasteiger partial charge in [0.1, 0.15) is 12.4 Å².